The Bertz CT molecular complexity index is 705. The van der Waals surface area contributed by atoms with Crippen LogP contribution < -0.4 is 14.4 Å². The van der Waals surface area contributed by atoms with E-state index in [0.717, 1.165) is 36.7 Å². The van der Waals surface area contributed by atoms with Crippen molar-refractivity contribution in [2.75, 3.05) is 44.8 Å². The molecule has 0 saturated carbocycles. The smallest absolute Gasteiger partial charge is 0.260 e. The first kappa shape index (κ1) is 18.1. The normalized spacial score (nSPS) is 14.2. The van der Waals surface area contributed by atoms with Crippen LogP contribution in [0.4, 0.5) is 5.69 Å². The van der Waals surface area contributed by atoms with Crippen LogP contribution in [0.3, 0.4) is 0 Å². The van der Waals surface area contributed by atoms with Crippen LogP contribution in [0, 0.1) is 0 Å². The highest BCUT2D eigenvalue weighted by Crippen LogP contribution is 2.20. The van der Waals surface area contributed by atoms with Gasteiger partial charge in [-0.15, -0.1) is 0 Å². The van der Waals surface area contributed by atoms with Gasteiger partial charge in [-0.2, -0.15) is 0 Å². The molecular weight excluding hydrogens is 328 g/mol. The molecule has 0 N–H and O–H groups in total. The Hall–Kier alpha value is -2.69. The molecule has 5 heteroatoms. The van der Waals surface area contributed by atoms with Gasteiger partial charge in [-0.1, -0.05) is 19.1 Å². The molecule has 2 aromatic carbocycles. The second kappa shape index (κ2) is 8.61. The molecule has 138 valence electrons. The summed E-state index contributed by atoms with van der Waals surface area (Å²) in [6.45, 7) is 5.28. The number of hydrogen-bond donors (Lipinski definition) is 0. The maximum atomic E-state index is 12.4. The van der Waals surface area contributed by atoms with Crippen molar-refractivity contribution in [2.24, 2.45) is 0 Å². The molecule has 2 aromatic rings. The van der Waals surface area contributed by atoms with E-state index in [4.69, 9.17) is 9.47 Å². The summed E-state index contributed by atoms with van der Waals surface area (Å²) in [7, 11) is 1.67. The number of hydrogen-bond acceptors (Lipinski definition) is 4. The summed E-state index contributed by atoms with van der Waals surface area (Å²) in [5, 5.41) is 0. The third-order valence-electron chi connectivity index (χ3n) is 4.76. The minimum absolute atomic E-state index is 0.0407. The van der Waals surface area contributed by atoms with Gasteiger partial charge in [-0.3, -0.25) is 4.79 Å². The highest BCUT2D eigenvalue weighted by Gasteiger charge is 2.21. The third-order valence-corrected chi connectivity index (χ3v) is 4.76. The van der Waals surface area contributed by atoms with E-state index in [1.807, 2.05) is 41.3 Å². The van der Waals surface area contributed by atoms with Crippen LogP contribution in [0.15, 0.2) is 48.5 Å². The predicted octanol–water partition coefficient (Wildman–Crippen LogP) is 2.99. The van der Waals surface area contributed by atoms with Crippen LogP contribution in [0.2, 0.25) is 0 Å². The minimum Gasteiger partial charge on any atom is -0.497 e. The third kappa shape index (κ3) is 4.48. The van der Waals surface area contributed by atoms with Crippen molar-refractivity contribution in [3.63, 3.8) is 0 Å². The van der Waals surface area contributed by atoms with Gasteiger partial charge in [0.1, 0.15) is 11.5 Å². The van der Waals surface area contributed by atoms with Crippen molar-refractivity contribution in [1.82, 2.24) is 4.90 Å². The van der Waals surface area contributed by atoms with E-state index in [1.165, 1.54) is 5.56 Å². The maximum absolute atomic E-state index is 12.4. The van der Waals surface area contributed by atoms with E-state index >= 15 is 0 Å². The summed E-state index contributed by atoms with van der Waals surface area (Å²) < 4.78 is 10.8. The van der Waals surface area contributed by atoms with Crippen molar-refractivity contribution < 1.29 is 14.3 Å². The molecule has 1 amide bonds. The Labute approximate surface area is 155 Å². The van der Waals surface area contributed by atoms with Crippen molar-refractivity contribution in [1.29, 1.82) is 0 Å². The molecule has 0 aliphatic carbocycles. The van der Waals surface area contributed by atoms with E-state index < -0.39 is 0 Å². The molecule has 0 spiro atoms. The second-order valence-electron chi connectivity index (χ2n) is 6.35. The fourth-order valence-corrected chi connectivity index (χ4v) is 3.06. The molecule has 3 rings (SSSR count). The van der Waals surface area contributed by atoms with Gasteiger partial charge >= 0.3 is 0 Å². The highest BCUT2D eigenvalue weighted by molar-refractivity contribution is 5.78. The van der Waals surface area contributed by atoms with Crippen LogP contribution in [0.5, 0.6) is 11.5 Å². The van der Waals surface area contributed by atoms with Gasteiger partial charge in [0.2, 0.25) is 0 Å². The number of amides is 1. The van der Waals surface area contributed by atoms with Crippen LogP contribution in [0.25, 0.3) is 0 Å². The number of ether oxygens (including phenoxy) is 2. The molecule has 0 atom stereocenters. The van der Waals surface area contributed by atoms with Crippen LogP contribution in [-0.4, -0.2) is 50.7 Å². The predicted molar refractivity (Wildman–Crippen MR) is 103 cm³/mol. The van der Waals surface area contributed by atoms with Gasteiger partial charge in [0.05, 0.1) is 7.11 Å². The topological polar surface area (TPSA) is 42.0 Å². The van der Waals surface area contributed by atoms with Crippen molar-refractivity contribution in [3.05, 3.63) is 54.1 Å². The SMILES string of the molecule is CCc1ccc(OCC(=O)N2CCN(c3ccc(OC)cc3)CC2)cc1. The number of anilines is 1. The fourth-order valence-electron chi connectivity index (χ4n) is 3.06. The molecule has 1 fully saturated rings. The quantitative estimate of drug-likeness (QED) is 0.800. The summed E-state index contributed by atoms with van der Waals surface area (Å²) in [6, 6.07) is 16.0. The Morgan fingerprint density at radius 2 is 1.54 bits per heavy atom. The molecular formula is C21H26N2O3. The van der Waals surface area contributed by atoms with Gasteiger partial charge < -0.3 is 19.3 Å². The lowest BCUT2D eigenvalue weighted by molar-refractivity contribution is -0.133. The first-order valence-corrected chi connectivity index (χ1v) is 9.08. The van der Waals surface area contributed by atoms with Crippen molar-refractivity contribution in [3.8, 4) is 11.5 Å². The first-order chi connectivity index (χ1) is 12.7. The van der Waals surface area contributed by atoms with E-state index in [2.05, 4.69) is 24.0 Å². The monoisotopic (exact) mass is 354 g/mol. The zero-order valence-corrected chi connectivity index (χ0v) is 15.5. The average Bonchev–Trinajstić information content (AvgIpc) is 2.72. The fraction of sp³-hybridized carbons (Fsp3) is 0.381. The van der Waals surface area contributed by atoms with Crippen molar-refractivity contribution >= 4 is 11.6 Å². The standard InChI is InChI=1S/C21H26N2O3/c1-3-17-4-8-20(9-5-17)26-16-21(24)23-14-12-22(13-15-23)18-6-10-19(25-2)11-7-18/h4-11H,3,12-16H2,1-2H3. The lowest BCUT2D eigenvalue weighted by Crippen LogP contribution is -2.50. The van der Waals surface area contributed by atoms with E-state index in [0.29, 0.717) is 13.1 Å². The van der Waals surface area contributed by atoms with Crippen LogP contribution >= 0.6 is 0 Å². The Morgan fingerprint density at radius 3 is 2.12 bits per heavy atom. The molecule has 5 nitrogen and oxygen atoms in total. The van der Waals surface area contributed by atoms with Crippen molar-refractivity contribution in [2.45, 2.75) is 13.3 Å². The van der Waals surface area contributed by atoms with Crippen LogP contribution in [0.1, 0.15) is 12.5 Å². The van der Waals surface area contributed by atoms with Crippen LogP contribution in [-0.2, 0) is 11.2 Å². The minimum atomic E-state index is 0.0407. The second-order valence-corrected chi connectivity index (χ2v) is 6.35. The van der Waals surface area contributed by atoms with Gasteiger partial charge in [-0.25, -0.2) is 0 Å². The summed E-state index contributed by atoms with van der Waals surface area (Å²) >= 11 is 0. The van der Waals surface area contributed by atoms with E-state index in [9.17, 15) is 4.79 Å². The molecule has 26 heavy (non-hydrogen) atoms. The summed E-state index contributed by atoms with van der Waals surface area (Å²) in [5.74, 6) is 1.64. The molecule has 0 radical (unpaired) electrons. The lowest BCUT2D eigenvalue weighted by atomic mass is 10.2. The molecule has 0 unspecified atom stereocenters. The van der Waals surface area contributed by atoms with Gasteiger partial charge in [0.25, 0.3) is 5.91 Å². The molecule has 1 aliphatic rings. The van der Waals surface area contributed by atoms with Gasteiger partial charge in [-0.05, 0) is 48.4 Å². The Kier molecular flexibility index (Phi) is 6.00. The molecule has 0 bridgehead atoms. The molecule has 0 aromatic heterocycles. The number of carbonyl (C=O) groups is 1. The summed E-state index contributed by atoms with van der Waals surface area (Å²) in [6.07, 6.45) is 0.998. The molecule has 1 heterocycles. The highest BCUT2D eigenvalue weighted by atomic mass is 16.5. The Balaban J connectivity index is 1.46. The largest absolute Gasteiger partial charge is 0.497 e. The number of benzene rings is 2. The van der Waals surface area contributed by atoms with E-state index in [-0.39, 0.29) is 12.5 Å². The maximum Gasteiger partial charge on any atom is 0.260 e. The van der Waals surface area contributed by atoms with Gasteiger partial charge in [0, 0.05) is 31.9 Å². The number of carbonyl (C=O) groups excluding carboxylic acids is 1. The summed E-state index contributed by atoms with van der Waals surface area (Å²) in [5.41, 5.74) is 2.42. The zero-order chi connectivity index (χ0) is 18.4. The number of methoxy groups -OCH3 is 1. The first-order valence-electron chi connectivity index (χ1n) is 9.08. The number of nitrogens with zero attached hydrogens (tertiary/aromatic N) is 2. The average molecular weight is 354 g/mol. The lowest BCUT2D eigenvalue weighted by Gasteiger charge is -2.36. The zero-order valence-electron chi connectivity index (χ0n) is 15.5. The number of piperazine rings is 1. The van der Waals surface area contributed by atoms with Gasteiger partial charge in [0.15, 0.2) is 6.61 Å². The Morgan fingerprint density at radius 1 is 0.923 bits per heavy atom. The van der Waals surface area contributed by atoms with E-state index in [1.54, 1.807) is 7.11 Å². The molecule has 1 aliphatic heterocycles. The number of rotatable bonds is 6. The summed E-state index contributed by atoms with van der Waals surface area (Å²) in [4.78, 5) is 16.5. The molecule has 1 saturated heterocycles. The number of aryl methyl sites for hydroxylation is 1.